The third-order valence-corrected chi connectivity index (χ3v) is 3.01. The average molecular weight is 264 g/mol. The maximum absolute atomic E-state index is 13.6. The van der Waals surface area contributed by atoms with E-state index in [1.54, 1.807) is 12.1 Å². The summed E-state index contributed by atoms with van der Waals surface area (Å²) < 4.78 is 13.6. The molecule has 0 unspecified atom stereocenters. The number of rotatable bonds is 4. The molecule has 1 N–H and O–H groups in total. The molecule has 0 amide bonds. The molecule has 0 bridgehead atoms. The van der Waals surface area contributed by atoms with E-state index in [0.29, 0.717) is 17.0 Å². The monoisotopic (exact) mass is 263 g/mol. The van der Waals surface area contributed by atoms with Crippen molar-refractivity contribution in [2.75, 3.05) is 7.05 Å². The van der Waals surface area contributed by atoms with Gasteiger partial charge in [-0.2, -0.15) is 0 Å². The number of benzene rings is 2. The minimum atomic E-state index is -0.210. The van der Waals surface area contributed by atoms with Gasteiger partial charge in [0.1, 0.15) is 5.82 Å². The lowest BCUT2D eigenvalue weighted by Crippen LogP contribution is -2.05. The van der Waals surface area contributed by atoms with E-state index in [-0.39, 0.29) is 5.82 Å². The van der Waals surface area contributed by atoms with E-state index in [9.17, 15) is 4.39 Å². The molecule has 0 aromatic heterocycles. The van der Waals surface area contributed by atoms with Crippen LogP contribution in [-0.4, -0.2) is 7.05 Å². The van der Waals surface area contributed by atoms with Gasteiger partial charge in [-0.15, -0.1) is 0 Å². The Balaban J connectivity index is 2.22. The number of halogens is 2. The van der Waals surface area contributed by atoms with Crippen molar-refractivity contribution in [2.24, 2.45) is 0 Å². The van der Waals surface area contributed by atoms with Crippen LogP contribution in [0.15, 0.2) is 42.5 Å². The molecule has 0 heterocycles. The van der Waals surface area contributed by atoms with Crippen LogP contribution in [0.5, 0.6) is 0 Å². The van der Waals surface area contributed by atoms with Crippen LogP contribution >= 0.6 is 11.6 Å². The fourth-order valence-corrected chi connectivity index (χ4v) is 2.15. The van der Waals surface area contributed by atoms with E-state index in [0.717, 1.165) is 12.1 Å². The average Bonchev–Trinajstić information content (AvgIpc) is 2.35. The molecule has 2 aromatic carbocycles. The second kappa shape index (κ2) is 5.98. The second-order valence-electron chi connectivity index (χ2n) is 4.26. The molecule has 2 aromatic rings. The van der Waals surface area contributed by atoms with Gasteiger partial charge >= 0.3 is 0 Å². The molecular formula is C15H15ClFN. The lowest BCUT2D eigenvalue weighted by molar-refractivity contribution is 0.614. The summed E-state index contributed by atoms with van der Waals surface area (Å²) in [6, 6.07) is 12.8. The Bertz CT molecular complexity index is 540. The quantitative estimate of drug-likeness (QED) is 0.885. The Kier molecular flexibility index (Phi) is 4.34. The molecule has 0 radical (unpaired) electrons. The van der Waals surface area contributed by atoms with E-state index in [2.05, 4.69) is 11.4 Å². The number of nitrogens with one attached hydrogen (secondary N) is 1. The molecule has 2 rings (SSSR count). The highest BCUT2D eigenvalue weighted by Gasteiger charge is 2.04. The maximum Gasteiger partial charge on any atom is 0.126 e. The summed E-state index contributed by atoms with van der Waals surface area (Å²) >= 11 is 5.89. The van der Waals surface area contributed by atoms with E-state index < -0.39 is 0 Å². The molecule has 94 valence electrons. The van der Waals surface area contributed by atoms with Crippen LogP contribution in [0, 0.1) is 5.82 Å². The molecule has 0 fully saturated rings. The lowest BCUT2D eigenvalue weighted by atomic mass is 10.0. The molecule has 0 spiro atoms. The Labute approximate surface area is 112 Å². The Morgan fingerprint density at radius 3 is 2.67 bits per heavy atom. The van der Waals surface area contributed by atoms with Crippen molar-refractivity contribution in [1.82, 2.24) is 5.32 Å². The van der Waals surface area contributed by atoms with Crippen LogP contribution in [0.25, 0.3) is 0 Å². The van der Waals surface area contributed by atoms with Gasteiger partial charge in [-0.1, -0.05) is 35.9 Å². The first-order valence-corrected chi connectivity index (χ1v) is 6.23. The normalized spacial score (nSPS) is 10.6. The van der Waals surface area contributed by atoms with Crippen LogP contribution in [0.2, 0.25) is 5.02 Å². The summed E-state index contributed by atoms with van der Waals surface area (Å²) in [4.78, 5) is 0. The van der Waals surface area contributed by atoms with Gasteiger partial charge < -0.3 is 5.32 Å². The molecule has 18 heavy (non-hydrogen) atoms. The van der Waals surface area contributed by atoms with Crippen molar-refractivity contribution in [1.29, 1.82) is 0 Å². The SMILES string of the molecule is CNCc1cccc(Cc2cc(Cl)ccc2F)c1. The smallest absolute Gasteiger partial charge is 0.126 e. The molecule has 1 nitrogen and oxygen atoms in total. The van der Waals surface area contributed by atoms with Gasteiger partial charge in [-0.3, -0.25) is 0 Å². The summed E-state index contributed by atoms with van der Waals surface area (Å²) in [5, 5.41) is 3.67. The van der Waals surface area contributed by atoms with Crippen LogP contribution in [0.4, 0.5) is 4.39 Å². The molecule has 0 aliphatic heterocycles. The Morgan fingerprint density at radius 1 is 1.11 bits per heavy atom. The van der Waals surface area contributed by atoms with Gasteiger partial charge in [0.05, 0.1) is 0 Å². The minimum Gasteiger partial charge on any atom is -0.316 e. The summed E-state index contributed by atoms with van der Waals surface area (Å²) in [6.45, 7) is 0.811. The van der Waals surface area contributed by atoms with Gasteiger partial charge in [-0.05, 0) is 41.9 Å². The lowest BCUT2D eigenvalue weighted by Gasteiger charge is -2.07. The highest BCUT2D eigenvalue weighted by Crippen LogP contribution is 2.18. The largest absolute Gasteiger partial charge is 0.316 e. The third-order valence-electron chi connectivity index (χ3n) is 2.77. The van der Waals surface area contributed by atoms with Gasteiger partial charge in [0.15, 0.2) is 0 Å². The summed E-state index contributed by atoms with van der Waals surface area (Å²) in [5.41, 5.74) is 2.91. The third kappa shape index (κ3) is 3.31. The van der Waals surface area contributed by atoms with Crippen LogP contribution in [-0.2, 0) is 13.0 Å². The first kappa shape index (κ1) is 13.1. The van der Waals surface area contributed by atoms with Crippen molar-refractivity contribution in [3.63, 3.8) is 0 Å². The zero-order chi connectivity index (χ0) is 13.0. The predicted molar refractivity (Wildman–Crippen MR) is 73.4 cm³/mol. The molecule has 0 aliphatic carbocycles. The molecular weight excluding hydrogens is 249 g/mol. The van der Waals surface area contributed by atoms with E-state index in [1.165, 1.54) is 11.6 Å². The van der Waals surface area contributed by atoms with Crippen LogP contribution < -0.4 is 5.32 Å². The highest BCUT2D eigenvalue weighted by molar-refractivity contribution is 6.30. The molecule has 0 saturated heterocycles. The first-order valence-electron chi connectivity index (χ1n) is 5.85. The van der Waals surface area contributed by atoms with Crippen molar-refractivity contribution in [2.45, 2.75) is 13.0 Å². The summed E-state index contributed by atoms with van der Waals surface area (Å²) in [6.07, 6.45) is 0.559. The second-order valence-corrected chi connectivity index (χ2v) is 4.70. The van der Waals surface area contributed by atoms with Crippen LogP contribution in [0.3, 0.4) is 0 Å². The van der Waals surface area contributed by atoms with Gasteiger partial charge in [-0.25, -0.2) is 4.39 Å². The molecule has 0 aliphatic rings. The fraction of sp³-hybridized carbons (Fsp3) is 0.200. The zero-order valence-electron chi connectivity index (χ0n) is 10.2. The minimum absolute atomic E-state index is 0.210. The summed E-state index contributed by atoms with van der Waals surface area (Å²) in [7, 11) is 1.91. The van der Waals surface area contributed by atoms with Crippen molar-refractivity contribution < 1.29 is 4.39 Å². The zero-order valence-corrected chi connectivity index (χ0v) is 11.0. The summed E-state index contributed by atoms with van der Waals surface area (Å²) in [5.74, 6) is -0.210. The van der Waals surface area contributed by atoms with Gasteiger partial charge in [0, 0.05) is 18.0 Å². The number of hydrogen-bond donors (Lipinski definition) is 1. The van der Waals surface area contributed by atoms with Crippen molar-refractivity contribution in [3.8, 4) is 0 Å². The van der Waals surface area contributed by atoms with E-state index in [4.69, 9.17) is 11.6 Å². The van der Waals surface area contributed by atoms with Crippen LogP contribution in [0.1, 0.15) is 16.7 Å². The highest BCUT2D eigenvalue weighted by atomic mass is 35.5. The van der Waals surface area contributed by atoms with Crippen molar-refractivity contribution >= 4 is 11.6 Å². The van der Waals surface area contributed by atoms with E-state index in [1.807, 2.05) is 25.2 Å². The van der Waals surface area contributed by atoms with Gasteiger partial charge in [0.25, 0.3) is 0 Å². The maximum atomic E-state index is 13.6. The number of hydrogen-bond acceptors (Lipinski definition) is 1. The Morgan fingerprint density at radius 2 is 1.89 bits per heavy atom. The fourth-order valence-electron chi connectivity index (χ4n) is 1.95. The Hall–Kier alpha value is -1.38. The molecule has 0 saturated carbocycles. The standard InChI is InChI=1S/C15H15ClFN/c1-18-10-12-4-2-3-11(7-12)8-13-9-14(16)5-6-15(13)17/h2-7,9,18H,8,10H2,1H3. The predicted octanol–water partition coefficient (Wildman–Crippen LogP) is 3.79. The van der Waals surface area contributed by atoms with Gasteiger partial charge in [0.2, 0.25) is 0 Å². The van der Waals surface area contributed by atoms with E-state index >= 15 is 0 Å². The van der Waals surface area contributed by atoms with Crippen molar-refractivity contribution in [3.05, 3.63) is 70.0 Å². The molecule has 0 atom stereocenters. The molecule has 3 heteroatoms. The topological polar surface area (TPSA) is 12.0 Å². The first-order chi connectivity index (χ1) is 8.69.